The van der Waals surface area contributed by atoms with Gasteiger partial charge in [0.25, 0.3) is 10.0 Å². The van der Waals surface area contributed by atoms with E-state index in [0.29, 0.717) is 11.3 Å². The lowest BCUT2D eigenvalue weighted by Gasteiger charge is -2.14. The number of rotatable bonds is 9. The average molecular weight is 439 g/mol. The van der Waals surface area contributed by atoms with E-state index in [1.807, 2.05) is 32.0 Å². The molecule has 3 rings (SSSR count). The number of ether oxygens (including phenoxy) is 1. The monoisotopic (exact) mass is 438 g/mol. The SMILES string of the molecule is Cc1cccc(OCCC(=O)NCc2ccccc2NS(=O)(=O)c2ccccc2)c1C. The van der Waals surface area contributed by atoms with Crippen molar-refractivity contribution in [2.24, 2.45) is 0 Å². The highest BCUT2D eigenvalue weighted by atomic mass is 32.2. The highest BCUT2D eigenvalue weighted by Crippen LogP contribution is 2.21. The number of aryl methyl sites for hydroxylation is 1. The molecule has 6 nitrogen and oxygen atoms in total. The van der Waals surface area contributed by atoms with E-state index < -0.39 is 10.0 Å². The molecule has 0 atom stereocenters. The molecule has 3 aromatic carbocycles. The van der Waals surface area contributed by atoms with Crippen LogP contribution in [0.15, 0.2) is 77.7 Å². The normalized spacial score (nSPS) is 11.0. The molecule has 0 saturated heterocycles. The maximum absolute atomic E-state index is 12.6. The summed E-state index contributed by atoms with van der Waals surface area (Å²) in [6, 6.07) is 21.0. The third-order valence-corrected chi connectivity index (χ3v) is 6.31. The summed E-state index contributed by atoms with van der Waals surface area (Å²) < 4.78 is 33.5. The number of sulfonamides is 1. The number of hydrogen-bond donors (Lipinski definition) is 2. The van der Waals surface area contributed by atoms with Crippen molar-refractivity contribution < 1.29 is 17.9 Å². The van der Waals surface area contributed by atoms with Crippen LogP contribution in [-0.2, 0) is 21.4 Å². The summed E-state index contributed by atoms with van der Waals surface area (Å²) in [5, 5.41) is 2.82. The standard InChI is InChI=1S/C24H26N2O4S/c1-18-9-8-14-23(19(18)2)30-16-15-24(27)25-17-20-10-6-7-13-22(20)26-31(28,29)21-11-4-3-5-12-21/h3-14,26H,15-17H2,1-2H3,(H,25,27). The summed E-state index contributed by atoms with van der Waals surface area (Å²) in [5.41, 5.74) is 3.29. The fourth-order valence-corrected chi connectivity index (χ4v) is 4.12. The van der Waals surface area contributed by atoms with Gasteiger partial charge in [-0.1, -0.05) is 48.5 Å². The molecule has 0 saturated carbocycles. The van der Waals surface area contributed by atoms with Crippen LogP contribution in [-0.4, -0.2) is 20.9 Å². The molecule has 0 fully saturated rings. The summed E-state index contributed by atoms with van der Waals surface area (Å²) in [6.45, 7) is 4.46. The van der Waals surface area contributed by atoms with E-state index in [1.54, 1.807) is 42.5 Å². The van der Waals surface area contributed by atoms with Crippen molar-refractivity contribution in [1.82, 2.24) is 5.32 Å². The number of nitrogens with one attached hydrogen (secondary N) is 2. The Hall–Kier alpha value is -3.32. The number of para-hydroxylation sites is 1. The fraction of sp³-hybridized carbons (Fsp3) is 0.208. The van der Waals surface area contributed by atoms with E-state index in [4.69, 9.17) is 4.74 Å². The van der Waals surface area contributed by atoms with Crippen LogP contribution >= 0.6 is 0 Å². The lowest BCUT2D eigenvalue weighted by Crippen LogP contribution is -2.25. The Bertz CT molecular complexity index is 1150. The third kappa shape index (κ3) is 6.08. The lowest BCUT2D eigenvalue weighted by atomic mass is 10.1. The van der Waals surface area contributed by atoms with E-state index in [0.717, 1.165) is 16.9 Å². The number of carbonyl (C=O) groups is 1. The van der Waals surface area contributed by atoms with Gasteiger partial charge in [0.15, 0.2) is 0 Å². The van der Waals surface area contributed by atoms with Gasteiger partial charge in [-0.15, -0.1) is 0 Å². The van der Waals surface area contributed by atoms with Crippen LogP contribution in [0.1, 0.15) is 23.1 Å². The maximum atomic E-state index is 12.6. The molecule has 0 heterocycles. The Labute approximate surface area is 183 Å². The van der Waals surface area contributed by atoms with E-state index in [9.17, 15) is 13.2 Å². The van der Waals surface area contributed by atoms with E-state index in [2.05, 4.69) is 10.0 Å². The molecule has 31 heavy (non-hydrogen) atoms. The molecule has 7 heteroatoms. The number of carbonyl (C=O) groups excluding carboxylic acids is 1. The van der Waals surface area contributed by atoms with Crippen LogP contribution in [0.3, 0.4) is 0 Å². The molecular weight excluding hydrogens is 412 g/mol. The lowest BCUT2D eigenvalue weighted by molar-refractivity contribution is -0.121. The van der Waals surface area contributed by atoms with Gasteiger partial charge in [0.05, 0.1) is 23.6 Å². The molecule has 0 bridgehead atoms. The van der Waals surface area contributed by atoms with Crippen molar-refractivity contribution in [2.45, 2.75) is 31.7 Å². The maximum Gasteiger partial charge on any atom is 0.261 e. The second-order valence-electron chi connectivity index (χ2n) is 7.15. The summed E-state index contributed by atoms with van der Waals surface area (Å²) in [5.74, 6) is 0.597. The van der Waals surface area contributed by atoms with Crippen molar-refractivity contribution in [1.29, 1.82) is 0 Å². The second kappa shape index (κ2) is 10.1. The zero-order valence-corrected chi connectivity index (χ0v) is 18.4. The molecule has 0 unspecified atom stereocenters. The zero-order valence-electron chi connectivity index (χ0n) is 17.6. The predicted molar refractivity (Wildman–Crippen MR) is 122 cm³/mol. The van der Waals surface area contributed by atoms with Gasteiger partial charge in [0, 0.05) is 6.54 Å². The average Bonchev–Trinajstić information content (AvgIpc) is 2.76. The fourth-order valence-electron chi connectivity index (χ4n) is 2.99. The van der Waals surface area contributed by atoms with Gasteiger partial charge >= 0.3 is 0 Å². The number of benzene rings is 3. The minimum atomic E-state index is -3.71. The number of anilines is 1. The quantitative estimate of drug-likeness (QED) is 0.525. The van der Waals surface area contributed by atoms with Gasteiger partial charge < -0.3 is 10.1 Å². The molecule has 0 spiro atoms. The molecule has 0 aromatic heterocycles. The van der Waals surface area contributed by atoms with E-state index >= 15 is 0 Å². The minimum Gasteiger partial charge on any atom is -0.493 e. The molecule has 1 amide bonds. The molecule has 162 valence electrons. The zero-order chi connectivity index (χ0) is 22.3. The first-order valence-corrected chi connectivity index (χ1v) is 11.5. The van der Waals surface area contributed by atoms with Gasteiger partial charge in [-0.05, 0) is 54.8 Å². The van der Waals surface area contributed by atoms with Crippen LogP contribution in [0.5, 0.6) is 5.75 Å². The third-order valence-electron chi connectivity index (χ3n) is 4.93. The molecular formula is C24H26N2O4S. The van der Waals surface area contributed by atoms with Gasteiger partial charge in [-0.2, -0.15) is 0 Å². The first kappa shape index (κ1) is 22.4. The smallest absolute Gasteiger partial charge is 0.261 e. The number of hydrogen-bond acceptors (Lipinski definition) is 4. The Morgan fingerprint density at radius 1 is 0.903 bits per heavy atom. The Balaban J connectivity index is 1.56. The van der Waals surface area contributed by atoms with Crippen LogP contribution in [0, 0.1) is 13.8 Å². The van der Waals surface area contributed by atoms with Gasteiger partial charge in [-0.3, -0.25) is 9.52 Å². The van der Waals surface area contributed by atoms with Crippen molar-refractivity contribution in [3.8, 4) is 5.75 Å². The van der Waals surface area contributed by atoms with E-state index in [1.165, 1.54) is 12.1 Å². The van der Waals surface area contributed by atoms with Crippen molar-refractivity contribution in [2.75, 3.05) is 11.3 Å². The topological polar surface area (TPSA) is 84.5 Å². The Kier molecular flexibility index (Phi) is 7.31. The van der Waals surface area contributed by atoms with Gasteiger partial charge in [0.1, 0.15) is 5.75 Å². The summed E-state index contributed by atoms with van der Waals surface area (Å²) in [7, 11) is -3.71. The molecule has 2 N–H and O–H groups in total. The molecule has 0 aliphatic heterocycles. The first-order valence-electron chi connectivity index (χ1n) is 9.98. The van der Waals surface area contributed by atoms with Crippen LogP contribution in [0.4, 0.5) is 5.69 Å². The van der Waals surface area contributed by atoms with Crippen molar-refractivity contribution in [3.63, 3.8) is 0 Å². The van der Waals surface area contributed by atoms with Crippen LogP contribution in [0.25, 0.3) is 0 Å². The van der Waals surface area contributed by atoms with Crippen molar-refractivity contribution >= 4 is 21.6 Å². The summed E-state index contributed by atoms with van der Waals surface area (Å²) >= 11 is 0. The van der Waals surface area contributed by atoms with Gasteiger partial charge in [0.2, 0.25) is 5.91 Å². The molecule has 3 aromatic rings. The van der Waals surface area contributed by atoms with Gasteiger partial charge in [-0.25, -0.2) is 8.42 Å². The van der Waals surface area contributed by atoms with Crippen molar-refractivity contribution in [3.05, 3.63) is 89.5 Å². The Morgan fingerprint density at radius 3 is 2.39 bits per heavy atom. The number of amides is 1. The van der Waals surface area contributed by atoms with E-state index in [-0.39, 0.29) is 30.4 Å². The Morgan fingerprint density at radius 2 is 1.61 bits per heavy atom. The van der Waals surface area contributed by atoms with Crippen LogP contribution < -0.4 is 14.8 Å². The second-order valence-corrected chi connectivity index (χ2v) is 8.83. The predicted octanol–water partition coefficient (Wildman–Crippen LogP) is 4.19. The molecule has 0 aliphatic rings. The summed E-state index contributed by atoms with van der Waals surface area (Å²) in [4.78, 5) is 12.4. The highest BCUT2D eigenvalue weighted by molar-refractivity contribution is 7.92. The van der Waals surface area contributed by atoms with Crippen LogP contribution in [0.2, 0.25) is 0 Å². The minimum absolute atomic E-state index is 0.175. The molecule has 0 radical (unpaired) electrons. The highest BCUT2D eigenvalue weighted by Gasteiger charge is 2.15. The molecule has 0 aliphatic carbocycles. The largest absolute Gasteiger partial charge is 0.493 e. The first-order chi connectivity index (χ1) is 14.9. The summed E-state index contributed by atoms with van der Waals surface area (Å²) in [6.07, 6.45) is 0.200.